The molecule has 0 aliphatic carbocycles. The van der Waals surface area contributed by atoms with E-state index in [4.69, 9.17) is 9.26 Å². The van der Waals surface area contributed by atoms with Crippen LogP contribution in [0, 0.1) is 5.82 Å². The SMILES string of the molecule is COC(=O)N1C[C@H](Nc2n[nH]c3nccc(-c4ccc(CNC(=O)c5noc(C(C)(C)C)n5)c(F)c4)c23)CC[C@H]1C. The van der Waals surface area contributed by atoms with Crippen LogP contribution in [0.15, 0.2) is 35.0 Å². The fourth-order valence-corrected chi connectivity index (χ4v) is 4.82. The molecule has 0 saturated carbocycles. The van der Waals surface area contributed by atoms with Gasteiger partial charge in [-0.15, -0.1) is 0 Å². The van der Waals surface area contributed by atoms with Crippen LogP contribution in [0.1, 0.15) is 62.6 Å². The molecule has 41 heavy (non-hydrogen) atoms. The maximum Gasteiger partial charge on any atom is 0.409 e. The van der Waals surface area contributed by atoms with Crippen LogP contribution in [0.2, 0.25) is 0 Å². The molecule has 2 amide bonds. The van der Waals surface area contributed by atoms with E-state index in [0.717, 1.165) is 18.4 Å². The number of nitrogens with one attached hydrogen (secondary N) is 3. The van der Waals surface area contributed by atoms with Crippen molar-refractivity contribution in [2.45, 2.75) is 64.6 Å². The maximum atomic E-state index is 15.2. The Morgan fingerprint density at radius 3 is 2.76 bits per heavy atom. The van der Waals surface area contributed by atoms with E-state index >= 15 is 4.39 Å². The lowest BCUT2D eigenvalue weighted by atomic mass is 9.97. The number of rotatable bonds is 6. The van der Waals surface area contributed by atoms with E-state index in [1.807, 2.05) is 27.7 Å². The van der Waals surface area contributed by atoms with E-state index in [1.165, 1.54) is 13.2 Å². The Bertz CT molecular complexity index is 1580. The number of piperidine rings is 1. The third-order valence-electron chi connectivity index (χ3n) is 7.17. The fourth-order valence-electron chi connectivity index (χ4n) is 4.82. The number of methoxy groups -OCH3 is 1. The molecule has 0 spiro atoms. The molecule has 1 aromatic carbocycles. The van der Waals surface area contributed by atoms with Crippen LogP contribution < -0.4 is 10.6 Å². The lowest BCUT2D eigenvalue weighted by molar-refractivity contribution is 0.0910. The first-order valence-corrected chi connectivity index (χ1v) is 13.4. The summed E-state index contributed by atoms with van der Waals surface area (Å²) in [6, 6.07) is 6.65. The number of halogens is 1. The molecule has 4 heterocycles. The molecular weight excluding hydrogens is 531 g/mol. The molecule has 12 nitrogen and oxygen atoms in total. The molecule has 3 N–H and O–H groups in total. The van der Waals surface area contributed by atoms with Gasteiger partial charge in [-0.1, -0.05) is 38.1 Å². The zero-order chi connectivity index (χ0) is 29.3. The monoisotopic (exact) mass is 564 g/mol. The minimum atomic E-state index is -0.555. The number of anilines is 1. The van der Waals surface area contributed by atoms with E-state index in [9.17, 15) is 9.59 Å². The topological polar surface area (TPSA) is 151 Å². The van der Waals surface area contributed by atoms with E-state index < -0.39 is 17.1 Å². The quantitative estimate of drug-likeness (QED) is 0.309. The molecule has 1 aliphatic heterocycles. The number of ether oxygens (including phenoxy) is 1. The molecule has 5 rings (SSSR count). The summed E-state index contributed by atoms with van der Waals surface area (Å²) in [6.07, 6.45) is 2.92. The Morgan fingerprint density at radius 1 is 1.24 bits per heavy atom. The van der Waals surface area contributed by atoms with Crippen LogP contribution in [0.5, 0.6) is 0 Å². The van der Waals surface area contributed by atoms with Gasteiger partial charge in [0.05, 0.1) is 12.5 Å². The van der Waals surface area contributed by atoms with Gasteiger partial charge in [0, 0.05) is 42.3 Å². The molecule has 1 saturated heterocycles. The summed E-state index contributed by atoms with van der Waals surface area (Å²) in [4.78, 5) is 34.9. The van der Waals surface area contributed by atoms with Crippen molar-refractivity contribution in [1.82, 2.24) is 35.5 Å². The summed E-state index contributed by atoms with van der Waals surface area (Å²) >= 11 is 0. The largest absolute Gasteiger partial charge is 0.453 e. The highest BCUT2D eigenvalue weighted by Crippen LogP contribution is 2.33. The van der Waals surface area contributed by atoms with Gasteiger partial charge in [0.1, 0.15) is 5.82 Å². The van der Waals surface area contributed by atoms with Gasteiger partial charge in [-0.25, -0.2) is 14.2 Å². The number of aromatic nitrogens is 5. The summed E-state index contributed by atoms with van der Waals surface area (Å²) < 4.78 is 25.3. The van der Waals surface area contributed by atoms with Crippen LogP contribution >= 0.6 is 0 Å². The molecule has 3 aromatic heterocycles. The van der Waals surface area contributed by atoms with Gasteiger partial charge in [-0.05, 0) is 43.0 Å². The number of amides is 2. The van der Waals surface area contributed by atoms with Crippen LogP contribution in [-0.2, 0) is 16.7 Å². The number of H-pyrrole nitrogens is 1. The van der Waals surface area contributed by atoms with Crippen molar-refractivity contribution in [3.8, 4) is 11.1 Å². The first kappa shape index (κ1) is 28.0. The number of aromatic amines is 1. The van der Waals surface area contributed by atoms with Crippen molar-refractivity contribution in [3.63, 3.8) is 0 Å². The second-order valence-corrected chi connectivity index (χ2v) is 11.2. The Morgan fingerprint density at radius 2 is 2.05 bits per heavy atom. The van der Waals surface area contributed by atoms with Gasteiger partial charge in [-0.3, -0.25) is 9.89 Å². The lowest BCUT2D eigenvalue weighted by Gasteiger charge is -2.37. The Balaban J connectivity index is 1.33. The summed E-state index contributed by atoms with van der Waals surface area (Å²) in [6.45, 7) is 8.10. The van der Waals surface area contributed by atoms with Crippen molar-refractivity contribution >= 4 is 28.9 Å². The summed E-state index contributed by atoms with van der Waals surface area (Å²) in [5, 5.41) is 17.9. The average Bonchev–Trinajstić information content (AvgIpc) is 3.61. The molecule has 2 atom stereocenters. The van der Waals surface area contributed by atoms with Crippen molar-refractivity contribution in [2.24, 2.45) is 0 Å². The number of fused-ring (bicyclic) bond motifs is 1. The maximum absolute atomic E-state index is 15.2. The predicted molar refractivity (Wildman–Crippen MR) is 149 cm³/mol. The number of carbonyl (C=O) groups excluding carboxylic acids is 2. The number of hydrogen-bond acceptors (Lipinski definition) is 9. The molecule has 13 heteroatoms. The summed E-state index contributed by atoms with van der Waals surface area (Å²) in [5.41, 5.74) is 1.81. The summed E-state index contributed by atoms with van der Waals surface area (Å²) in [7, 11) is 1.38. The summed E-state index contributed by atoms with van der Waals surface area (Å²) in [5.74, 6) is -0.231. The van der Waals surface area contributed by atoms with Crippen molar-refractivity contribution in [2.75, 3.05) is 19.0 Å². The second-order valence-electron chi connectivity index (χ2n) is 11.2. The van der Waals surface area contributed by atoms with E-state index in [-0.39, 0.29) is 30.5 Å². The van der Waals surface area contributed by atoms with Gasteiger partial charge in [-0.2, -0.15) is 10.1 Å². The van der Waals surface area contributed by atoms with Crippen LogP contribution in [0.25, 0.3) is 22.2 Å². The van der Waals surface area contributed by atoms with Crippen molar-refractivity contribution in [1.29, 1.82) is 0 Å². The van der Waals surface area contributed by atoms with Crippen LogP contribution in [0.4, 0.5) is 15.0 Å². The molecular formula is C28H33FN8O4. The van der Waals surface area contributed by atoms with Gasteiger partial charge in [0.25, 0.3) is 11.7 Å². The molecule has 216 valence electrons. The number of carbonyl (C=O) groups is 2. The van der Waals surface area contributed by atoms with Gasteiger partial charge >= 0.3 is 6.09 Å². The van der Waals surface area contributed by atoms with Gasteiger partial charge in [0.15, 0.2) is 11.5 Å². The second kappa shape index (κ2) is 11.1. The Hall–Kier alpha value is -4.55. The van der Waals surface area contributed by atoms with E-state index in [0.29, 0.717) is 40.4 Å². The first-order chi connectivity index (χ1) is 19.5. The number of nitrogens with zero attached hydrogens (tertiary/aromatic N) is 5. The smallest absolute Gasteiger partial charge is 0.409 e. The lowest BCUT2D eigenvalue weighted by Crippen LogP contribution is -2.49. The third kappa shape index (κ3) is 5.83. The molecule has 0 bridgehead atoms. The number of benzene rings is 1. The van der Waals surface area contributed by atoms with Gasteiger partial charge in [0.2, 0.25) is 5.89 Å². The highest BCUT2D eigenvalue weighted by atomic mass is 19.1. The first-order valence-electron chi connectivity index (χ1n) is 13.4. The highest BCUT2D eigenvalue weighted by Gasteiger charge is 2.30. The number of likely N-dealkylation sites (tertiary alicyclic amines) is 1. The van der Waals surface area contributed by atoms with Crippen molar-refractivity contribution in [3.05, 3.63) is 53.6 Å². The molecule has 4 aromatic rings. The Kier molecular flexibility index (Phi) is 7.61. The molecule has 0 unspecified atom stereocenters. The fraction of sp³-hybridized carbons (Fsp3) is 0.429. The van der Waals surface area contributed by atoms with E-state index in [2.05, 4.69) is 36.0 Å². The van der Waals surface area contributed by atoms with Crippen LogP contribution in [0.3, 0.4) is 0 Å². The van der Waals surface area contributed by atoms with Gasteiger partial charge < -0.3 is 24.8 Å². The van der Waals surface area contributed by atoms with Crippen LogP contribution in [-0.4, -0.2) is 68.0 Å². The number of hydrogen-bond donors (Lipinski definition) is 3. The minimum Gasteiger partial charge on any atom is -0.453 e. The van der Waals surface area contributed by atoms with Crippen molar-refractivity contribution < 1.29 is 23.2 Å². The normalized spacial score (nSPS) is 17.5. The minimum absolute atomic E-state index is 0.0498. The predicted octanol–water partition coefficient (Wildman–Crippen LogP) is 4.41. The third-order valence-corrected chi connectivity index (χ3v) is 7.17. The van der Waals surface area contributed by atoms with E-state index in [1.54, 1.807) is 29.3 Å². The standard InChI is InChI=1S/C28H33FN8O4/c1-15-6-9-18(14-37(15)27(39)40-5)32-23-21-19(10-11-30-22(21)34-35-23)16-7-8-17(20(29)12-16)13-31-25(38)24-33-26(41-36-24)28(2,3)4/h7-8,10-12,15,18H,6,9,13-14H2,1-5H3,(H,31,38)(H2,30,32,34,35)/t15-,18-/m1/s1. The highest BCUT2D eigenvalue weighted by molar-refractivity contribution is 6.00. The molecule has 1 aliphatic rings. The zero-order valence-corrected chi connectivity index (χ0v) is 23.6. The average molecular weight is 565 g/mol. The number of pyridine rings is 1. The molecule has 0 radical (unpaired) electrons. The molecule has 1 fully saturated rings. The Labute approximate surface area is 236 Å². The zero-order valence-electron chi connectivity index (χ0n) is 23.6.